The van der Waals surface area contributed by atoms with Crippen LogP contribution in [-0.2, 0) is 0 Å². The topological polar surface area (TPSA) is 17.1 Å². The summed E-state index contributed by atoms with van der Waals surface area (Å²) in [6.45, 7) is 1.55. The quantitative estimate of drug-likeness (QED) is 0.243. The summed E-state index contributed by atoms with van der Waals surface area (Å²) >= 11 is 23.1. The highest BCUT2D eigenvalue weighted by molar-refractivity contribution is 6.53. The van der Waals surface area contributed by atoms with Crippen LogP contribution in [0.1, 0.15) is 17.3 Å². The molecule has 0 unspecified atom stereocenters. The van der Waals surface area contributed by atoms with Crippen molar-refractivity contribution in [1.82, 2.24) is 0 Å². The van der Waals surface area contributed by atoms with Crippen LogP contribution in [0.4, 0.5) is 0 Å². The Kier molecular flexibility index (Phi) is 4.31. The van der Waals surface area contributed by atoms with Gasteiger partial charge in [-0.25, -0.2) is 0 Å². The van der Waals surface area contributed by atoms with Crippen LogP contribution in [-0.4, -0.2) is 5.78 Å². The van der Waals surface area contributed by atoms with E-state index in [0.29, 0.717) is 0 Å². The van der Waals surface area contributed by atoms with Crippen LogP contribution in [0.5, 0.6) is 0 Å². The fourth-order valence-electron chi connectivity index (χ4n) is 0.919. The number of carbonyl (C=O) groups excluding carboxylic acids is 1. The normalized spacial score (nSPS) is 9.40. The highest BCUT2D eigenvalue weighted by Gasteiger charge is 2.16. The number of rotatable bonds is 1. The second-order valence-electron chi connectivity index (χ2n) is 2.55. The molecular formula is C10H4Cl4O. The van der Waals surface area contributed by atoms with E-state index in [4.69, 9.17) is 46.4 Å². The number of halogens is 4. The molecule has 0 N–H and O–H groups in total. The van der Waals surface area contributed by atoms with Gasteiger partial charge in [0.1, 0.15) is 0 Å². The molecule has 0 aliphatic heterocycles. The fourth-order valence-corrected chi connectivity index (χ4v) is 1.81. The van der Waals surface area contributed by atoms with E-state index in [1.165, 1.54) is 6.07 Å². The molecule has 0 aliphatic rings. The van der Waals surface area contributed by atoms with Crippen LogP contribution in [0.3, 0.4) is 0 Å². The highest BCUT2D eigenvalue weighted by atomic mass is 35.5. The average molecular weight is 282 g/mol. The molecule has 0 aliphatic carbocycles. The van der Waals surface area contributed by atoms with Crippen molar-refractivity contribution in [3.05, 3.63) is 31.7 Å². The molecule has 0 spiro atoms. The predicted molar refractivity (Wildman–Crippen MR) is 64.3 cm³/mol. The molecule has 0 fully saturated rings. The second kappa shape index (κ2) is 5.09. The Balaban J connectivity index is 3.43. The van der Waals surface area contributed by atoms with Crippen molar-refractivity contribution >= 4 is 52.2 Å². The molecule has 0 saturated carbocycles. The fraction of sp³-hybridized carbons (Fsp3) is 0.100. The summed E-state index contributed by atoms with van der Waals surface area (Å²) in [4.78, 5) is 11.5. The lowest BCUT2D eigenvalue weighted by Crippen LogP contribution is -1.97. The van der Waals surface area contributed by atoms with Gasteiger partial charge in [0, 0.05) is 0 Å². The van der Waals surface area contributed by atoms with Gasteiger partial charge >= 0.3 is 0 Å². The first-order chi connectivity index (χ1) is 6.99. The zero-order chi connectivity index (χ0) is 11.6. The molecule has 1 rings (SSSR count). The van der Waals surface area contributed by atoms with Gasteiger partial charge in [0.2, 0.25) is 5.78 Å². The van der Waals surface area contributed by atoms with Gasteiger partial charge in [-0.15, -0.1) is 0 Å². The molecule has 0 aromatic heterocycles. The van der Waals surface area contributed by atoms with Crippen molar-refractivity contribution in [1.29, 1.82) is 0 Å². The Labute approximate surface area is 107 Å². The summed E-state index contributed by atoms with van der Waals surface area (Å²) in [6.07, 6.45) is 0. The summed E-state index contributed by atoms with van der Waals surface area (Å²) in [5.74, 6) is 4.37. The molecule has 0 saturated heterocycles. The number of carbonyl (C=O) groups is 1. The average Bonchev–Trinajstić information content (AvgIpc) is 2.20. The van der Waals surface area contributed by atoms with Crippen molar-refractivity contribution in [2.75, 3.05) is 0 Å². The van der Waals surface area contributed by atoms with Gasteiger partial charge in [0.15, 0.2) is 0 Å². The summed E-state index contributed by atoms with van der Waals surface area (Å²) in [5.41, 5.74) is 0.158. The lowest BCUT2D eigenvalue weighted by Gasteiger charge is -2.05. The Morgan fingerprint density at radius 2 is 1.73 bits per heavy atom. The van der Waals surface area contributed by atoms with E-state index in [9.17, 15) is 4.79 Å². The molecule has 1 aromatic rings. The van der Waals surface area contributed by atoms with E-state index in [1.54, 1.807) is 6.92 Å². The van der Waals surface area contributed by atoms with Crippen molar-refractivity contribution in [2.45, 2.75) is 6.92 Å². The predicted octanol–water partition coefficient (Wildman–Crippen LogP) is 4.51. The zero-order valence-electron chi connectivity index (χ0n) is 7.50. The molecule has 78 valence electrons. The monoisotopic (exact) mass is 280 g/mol. The van der Waals surface area contributed by atoms with E-state index in [-0.39, 0.29) is 25.7 Å². The SMILES string of the molecule is CC#CC(=O)c1cc(Cl)c(Cl)c(Cl)c1Cl. The van der Waals surface area contributed by atoms with E-state index < -0.39 is 5.78 Å². The maximum atomic E-state index is 11.5. The molecule has 15 heavy (non-hydrogen) atoms. The Bertz CT molecular complexity index is 482. The lowest BCUT2D eigenvalue weighted by atomic mass is 10.1. The Morgan fingerprint density at radius 1 is 1.13 bits per heavy atom. The third-order valence-corrected chi connectivity index (χ3v) is 3.34. The second-order valence-corrected chi connectivity index (χ2v) is 4.09. The van der Waals surface area contributed by atoms with Gasteiger partial charge in [-0.1, -0.05) is 52.3 Å². The standard InChI is InChI=1S/C10H4Cl4O/c1-2-3-7(15)5-4-6(11)9(13)10(14)8(5)12/h4H,1H3. The van der Waals surface area contributed by atoms with E-state index in [2.05, 4.69) is 11.8 Å². The molecule has 5 heteroatoms. The highest BCUT2D eigenvalue weighted by Crippen LogP contribution is 2.38. The third-order valence-electron chi connectivity index (χ3n) is 1.59. The first kappa shape index (κ1) is 12.7. The van der Waals surface area contributed by atoms with Gasteiger partial charge in [-0.2, -0.15) is 0 Å². The number of Topliss-reactive ketones (excluding diaryl/α,β-unsaturated/α-hetero) is 1. The maximum Gasteiger partial charge on any atom is 0.237 e. The van der Waals surface area contributed by atoms with Crippen LogP contribution in [0.25, 0.3) is 0 Å². The molecule has 0 heterocycles. The summed E-state index contributed by atoms with van der Waals surface area (Å²) in [7, 11) is 0. The number of benzene rings is 1. The van der Waals surface area contributed by atoms with Crippen molar-refractivity contribution in [2.24, 2.45) is 0 Å². The smallest absolute Gasteiger partial charge is 0.237 e. The first-order valence-corrected chi connectivity index (χ1v) is 5.30. The van der Waals surface area contributed by atoms with Crippen LogP contribution >= 0.6 is 46.4 Å². The number of hydrogen-bond acceptors (Lipinski definition) is 1. The van der Waals surface area contributed by atoms with Crippen molar-refractivity contribution < 1.29 is 4.79 Å². The molecule has 0 bridgehead atoms. The number of hydrogen-bond donors (Lipinski definition) is 0. The largest absolute Gasteiger partial charge is 0.279 e. The molecule has 1 aromatic carbocycles. The molecule has 0 radical (unpaired) electrons. The van der Waals surface area contributed by atoms with Crippen molar-refractivity contribution in [3.63, 3.8) is 0 Å². The Hall–Kier alpha value is -0.390. The third kappa shape index (κ3) is 2.59. The van der Waals surface area contributed by atoms with Gasteiger partial charge in [-0.05, 0) is 18.9 Å². The maximum absolute atomic E-state index is 11.5. The number of ketones is 1. The molecule has 0 amide bonds. The summed E-state index contributed by atoms with van der Waals surface area (Å²) in [6, 6.07) is 1.35. The lowest BCUT2D eigenvalue weighted by molar-refractivity contribution is 0.105. The summed E-state index contributed by atoms with van der Waals surface area (Å²) < 4.78 is 0. The van der Waals surface area contributed by atoms with Gasteiger partial charge < -0.3 is 0 Å². The van der Waals surface area contributed by atoms with Crippen LogP contribution in [0.15, 0.2) is 6.07 Å². The molecule has 0 atom stereocenters. The molecular weight excluding hydrogens is 278 g/mol. The van der Waals surface area contributed by atoms with Crippen molar-refractivity contribution in [3.8, 4) is 11.8 Å². The van der Waals surface area contributed by atoms with E-state index in [0.717, 1.165) is 0 Å². The van der Waals surface area contributed by atoms with Crippen LogP contribution < -0.4 is 0 Å². The molecule has 1 nitrogen and oxygen atoms in total. The first-order valence-electron chi connectivity index (χ1n) is 3.79. The van der Waals surface area contributed by atoms with E-state index >= 15 is 0 Å². The van der Waals surface area contributed by atoms with Crippen LogP contribution in [0.2, 0.25) is 20.1 Å². The minimum Gasteiger partial charge on any atom is -0.279 e. The van der Waals surface area contributed by atoms with E-state index in [1.807, 2.05) is 0 Å². The minimum absolute atomic E-state index is 0.0621. The van der Waals surface area contributed by atoms with Gasteiger partial charge in [0.25, 0.3) is 0 Å². The summed E-state index contributed by atoms with van der Waals surface area (Å²) in [5, 5.41) is 0.433. The minimum atomic E-state index is -0.442. The van der Waals surface area contributed by atoms with Gasteiger partial charge in [0.05, 0.1) is 25.7 Å². The van der Waals surface area contributed by atoms with Crippen LogP contribution in [0, 0.1) is 11.8 Å². The van der Waals surface area contributed by atoms with Gasteiger partial charge in [-0.3, -0.25) is 4.79 Å². The Morgan fingerprint density at radius 3 is 2.27 bits per heavy atom. The zero-order valence-corrected chi connectivity index (χ0v) is 10.5.